The second kappa shape index (κ2) is 11.0. The Balaban J connectivity index is 1.27. The van der Waals surface area contributed by atoms with E-state index in [2.05, 4.69) is 64.0 Å². The summed E-state index contributed by atoms with van der Waals surface area (Å²) in [5, 5.41) is 5.47. The average Bonchev–Trinajstić information content (AvgIpc) is 2.78. The Labute approximate surface area is 202 Å². The molecule has 0 aromatic heterocycles. The van der Waals surface area contributed by atoms with E-state index in [4.69, 9.17) is 23.2 Å². The number of carbonyl (C=O) groups excluding carboxylic acids is 1. The summed E-state index contributed by atoms with van der Waals surface area (Å²) < 4.78 is 0. The van der Waals surface area contributed by atoms with Gasteiger partial charge in [0, 0.05) is 28.9 Å². The van der Waals surface area contributed by atoms with Crippen LogP contribution in [0.3, 0.4) is 0 Å². The Morgan fingerprint density at radius 1 is 1.03 bits per heavy atom. The molecule has 32 heavy (non-hydrogen) atoms. The Morgan fingerprint density at radius 3 is 2.25 bits per heavy atom. The third kappa shape index (κ3) is 5.93. The van der Waals surface area contributed by atoms with Crippen molar-refractivity contribution in [1.82, 2.24) is 10.3 Å². The van der Waals surface area contributed by atoms with Crippen LogP contribution in [0, 0.1) is 0 Å². The monoisotopic (exact) mass is 483 g/mol. The van der Waals surface area contributed by atoms with E-state index in [1.165, 1.54) is 17.3 Å². The van der Waals surface area contributed by atoms with Gasteiger partial charge in [-0.2, -0.15) is 5.10 Å². The highest BCUT2D eigenvalue weighted by atomic mass is 35.5. The maximum atomic E-state index is 12.2. The predicted octanol–water partition coefficient (Wildman–Crippen LogP) is 5.65. The van der Waals surface area contributed by atoms with Crippen molar-refractivity contribution in [3.8, 4) is 0 Å². The first-order valence-electron chi connectivity index (χ1n) is 10.3. The Morgan fingerprint density at radius 2 is 1.66 bits per heavy atom. The lowest BCUT2D eigenvalue weighted by Crippen LogP contribution is -2.51. The van der Waals surface area contributed by atoms with Crippen molar-refractivity contribution >= 4 is 47.1 Å². The highest BCUT2D eigenvalue weighted by molar-refractivity contribution is 8.00. The smallest absolute Gasteiger partial charge is 0.250 e. The van der Waals surface area contributed by atoms with Crippen LogP contribution in [0.15, 0.2) is 84.0 Å². The zero-order chi connectivity index (χ0) is 22.3. The highest BCUT2D eigenvalue weighted by Gasteiger charge is 2.34. The fourth-order valence-electron chi connectivity index (χ4n) is 3.68. The van der Waals surface area contributed by atoms with E-state index in [1.54, 1.807) is 30.0 Å². The molecule has 0 aliphatic carbocycles. The number of carbonyl (C=O) groups is 1. The summed E-state index contributed by atoms with van der Waals surface area (Å²) in [6, 6.07) is 26.5. The van der Waals surface area contributed by atoms with E-state index in [0.29, 0.717) is 26.6 Å². The summed E-state index contributed by atoms with van der Waals surface area (Å²) in [5.41, 5.74) is 5.84. The van der Waals surface area contributed by atoms with Gasteiger partial charge in [0.25, 0.3) is 0 Å². The van der Waals surface area contributed by atoms with Gasteiger partial charge in [-0.3, -0.25) is 9.69 Å². The van der Waals surface area contributed by atoms with Crippen LogP contribution in [-0.2, 0) is 4.79 Å². The maximum Gasteiger partial charge on any atom is 0.250 e. The van der Waals surface area contributed by atoms with Gasteiger partial charge in [0.15, 0.2) is 0 Å². The summed E-state index contributed by atoms with van der Waals surface area (Å²) >= 11 is 13.7. The number of hydrogen-bond donors (Lipinski definition) is 1. The number of thioether (sulfide) groups is 1. The van der Waals surface area contributed by atoms with Gasteiger partial charge in [-0.25, -0.2) is 5.43 Å². The molecule has 4 rings (SSSR count). The van der Waals surface area contributed by atoms with Gasteiger partial charge >= 0.3 is 0 Å². The molecule has 0 unspecified atom stereocenters. The fourth-order valence-corrected chi connectivity index (χ4v) is 5.18. The first-order chi connectivity index (χ1) is 15.6. The van der Waals surface area contributed by atoms with Gasteiger partial charge in [-0.05, 0) is 23.3 Å². The summed E-state index contributed by atoms with van der Waals surface area (Å²) in [5.74, 6) is 0.239. The lowest BCUT2D eigenvalue weighted by Gasteiger charge is -2.44. The van der Waals surface area contributed by atoms with Crippen molar-refractivity contribution < 1.29 is 4.79 Å². The van der Waals surface area contributed by atoms with E-state index >= 15 is 0 Å². The number of hydrazone groups is 1. The molecule has 1 aliphatic rings. The Hall–Kier alpha value is -2.31. The molecule has 3 aromatic carbocycles. The molecular formula is C25H23Cl2N3OS. The van der Waals surface area contributed by atoms with Crippen LogP contribution in [0.25, 0.3) is 0 Å². The number of benzene rings is 3. The van der Waals surface area contributed by atoms with Gasteiger partial charge in [-0.15, -0.1) is 11.8 Å². The van der Waals surface area contributed by atoms with E-state index in [0.717, 1.165) is 13.1 Å². The predicted molar refractivity (Wildman–Crippen MR) is 135 cm³/mol. The molecule has 0 saturated carbocycles. The first kappa shape index (κ1) is 22.9. The summed E-state index contributed by atoms with van der Waals surface area (Å²) in [6.07, 6.45) is 1.52. The molecule has 7 heteroatoms. The molecule has 1 saturated heterocycles. The van der Waals surface area contributed by atoms with Gasteiger partial charge in [0.05, 0.1) is 23.0 Å². The number of amides is 1. The van der Waals surface area contributed by atoms with Crippen LogP contribution in [-0.4, -0.2) is 41.1 Å². The van der Waals surface area contributed by atoms with Crippen LogP contribution in [0.5, 0.6) is 0 Å². The normalized spacial score (nSPS) is 14.6. The van der Waals surface area contributed by atoms with E-state index < -0.39 is 0 Å². The minimum Gasteiger partial charge on any atom is -0.290 e. The van der Waals surface area contributed by atoms with Crippen LogP contribution < -0.4 is 5.43 Å². The van der Waals surface area contributed by atoms with Crippen molar-refractivity contribution in [2.75, 3.05) is 18.8 Å². The van der Waals surface area contributed by atoms with Gasteiger partial charge in [0.2, 0.25) is 5.91 Å². The quantitative estimate of drug-likeness (QED) is 0.332. The highest BCUT2D eigenvalue weighted by Crippen LogP contribution is 2.35. The molecule has 0 spiro atoms. The van der Waals surface area contributed by atoms with Crippen molar-refractivity contribution in [2.24, 2.45) is 5.10 Å². The lowest BCUT2D eigenvalue weighted by atomic mass is 9.94. The van der Waals surface area contributed by atoms with Crippen LogP contribution in [0.1, 0.15) is 22.7 Å². The molecule has 1 aliphatic heterocycles. The third-order valence-electron chi connectivity index (χ3n) is 5.28. The van der Waals surface area contributed by atoms with Crippen LogP contribution in [0.4, 0.5) is 0 Å². The Kier molecular flexibility index (Phi) is 7.87. The maximum absolute atomic E-state index is 12.2. The average molecular weight is 484 g/mol. The molecule has 1 N–H and O–H groups in total. The van der Waals surface area contributed by atoms with Gasteiger partial charge < -0.3 is 0 Å². The van der Waals surface area contributed by atoms with Crippen LogP contribution in [0.2, 0.25) is 10.0 Å². The zero-order valence-electron chi connectivity index (χ0n) is 17.3. The molecular weight excluding hydrogens is 461 g/mol. The standard InChI is InChI=1S/C25H23Cl2N3OS/c26-21-12-11-20(23(27)13-21)14-28-29-24(31)17-32-22-15-30(16-22)25(18-7-3-1-4-8-18)19-9-5-2-6-10-19/h1-14,22,25H,15-17H2,(H,29,31)/b28-14-. The van der Waals surface area contributed by atoms with Crippen molar-refractivity contribution in [3.63, 3.8) is 0 Å². The third-order valence-corrected chi connectivity index (χ3v) is 7.04. The number of likely N-dealkylation sites (tertiary alicyclic amines) is 1. The number of halogens is 2. The number of nitrogens with one attached hydrogen (secondary N) is 1. The summed E-state index contributed by atoms with van der Waals surface area (Å²) in [6.45, 7) is 1.88. The number of nitrogens with zero attached hydrogens (tertiary/aromatic N) is 2. The molecule has 3 aromatic rings. The SMILES string of the molecule is O=C(CSC1CN(C(c2ccccc2)c2ccccc2)C1)N/N=C\c1ccc(Cl)cc1Cl. The van der Waals surface area contributed by atoms with Crippen molar-refractivity contribution in [1.29, 1.82) is 0 Å². The fraction of sp³-hybridized carbons (Fsp3) is 0.200. The van der Waals surface area contributed by atoms with E-state index in [-0.39, 0.29) is 11.9 Å². The van der Waals surface area contributed by atoms with Gasteiger partial charge in [-0.1, -0.05) is 89.9 Å². The molecule has 0 radical (unpaired) electrons. The first-order valence-corrected chi connectivity index (χ1v) is 12.1. The summed E-state index contributed by atoms with van der Waals surface area (Å²) in [4.78, 5) is 14.6. The topological polar surface area (TPSA) is 44.7 Å². The zero-order valence-corrected chi connectivity index (χ0v) is 19.7. The van der Waals surface area contributed by atoms with E-state index in [1.807, 2.05) is 12.1 Å². The summed E-state index contributed by atoms with van der Waals surface area (Å²) in [7, 11) is 0. The second-order valence-electron chi connectivity index (χ2n) is 7.57. The van der Waals surface area contributed by atoms with E-state index in [9.17, 15) is 4.79 Å². The minimum absolute atomic E-state index is 0.127. The van der Waals surface area contributed by atoms with Crippen molar-refractivity contribution in [2.45, 2.75) is 11.3 Å². The Bertz CT molecular complexity index is 1030. The molecule has 0 atom stereocenters. The van der Waals surface area contributed by atoms with Crippen molar-refractivity contribution in [3.05, 3.63) is 106 Å². The molecule has 1 heterocycles. The number of rotatable bonds is 8. The molecule has 1 amide bonds. The van der Waals surface area contributed by atoms with Gasteiger partial charge in [0.1, 0.15) is 0 Å². The second-order valence-corrected chi connectivity index (χ2v) is 9.70. The largest absolute Gasteiger partial charge is 0.290 e. The lowest BCUT2D eigenvalue weighted by molar-refractivity contribution is -0.118. The minimum atomic E-state index is -0.127. The molecule has 0 bridgehead atoms. The molecule has 1 fully saturated rings. The molecule has 164 valence electrons. The van der Waals surface area contributed by atoms with Crippen LogP contribution >= 0.6 is 35.0 Å². The number of hydrogen-bond acceptors (Lipinski definition) is 4. The molecule has 4 nitrogen and oxygen atoms in total.